The van der Waals surface area contributed by atoms with E-state index in [1.165, 1.54) is 0 Å². The zero-order chi connectivity index (χ0) is 23.4. The lowest BCUT2D eigenvalue weighted by Crippen LogP contribution is -2.14. The lowest BCUT2D eigenvalue weighted by molar-refractivity contribution is -0.481. The second kappa shape index (κ2) is 10.3. The van der Waals surface area contributed by atoms with Gasteiger partial charge in [0.1, 0.15) is 6.61 Å². The minimum absolute atomic E-state index is 0.250. The molecule has 0 saturated heterocycles. The van der Waals surface area contributed by atoms with Crippen LogP contribution in [0.15, 0.2) is 71.3 Å². The van der Waals surface area contributed by atoms with E-state index < -0.39 is 5.92 Å². The Morgan fingerprint density at radius 2 is 1.88 bits per heavy atom. The van der Waals surface area contributed by atoms with Crippen LogP contribution in [-0.4, -0.2) is 23.1 Å². The van der Waals surface area contributed by atoms with E-state index in [0.29, 0.717) is 27.6 Å². The number of aromatic nitrogens is 1. The number of para-hydroxylation sites is 1. The van der Waals surface area contributed by atoms with Gasteiger partial charge in [0.25, 0.3) is 0 Å². The maximum atomic E-state index is 11.6. The van der Waals surface area contributed by atoms with E-state index in [-0.39, 0.29) is 18.1 Å². The van der Waals surface area contributed by atoms with Crippen LogP contribution in [0.2, 0.25) is 5.02 Å². The molecular weight excluding hydrogens is 508 g/mol. The number of fused-ring (bicyclic) bond motifs is 1. The van der Waals surface area contributed by atoms with Crippen molar-refractivity contribution in [1.82, 2.24) is 4.98 Å². The predicted octanol–water partition coefficient (Wildman–Crippen LogP) is 6.97. The summed E-state index contributed by atoms with van der Waals surface area (Å²) in [4.78, 5) is 14.5. The van der Waals surface area contributed by atoms with Crippen LogP contribution < -0.4 is 9.47 Å². The quantitative estimate of drug-likeness (QED) is 0.188. The van der Waals surface area contributed by atoms with Gasteiger partial charge in [-0.2, -0.15) is 0 Å². The minimum Gasteiger partial charge on any atom is -0.490 e. The Bertz CT molecular complexity index is 1290. The molecule has 1 heterocycles. The van der Waals surface area contributed by atoms with Crippen LogP contribution in [0.5, 0.6) is 11.5 Å². The smallest absolute Gasteiger partial charge is 0.214 e. The molecule has 8 heteroatoms. The Morgan fingerprint density at radius 3 is 2.64 bits per heavy atom. The highest BCUT2D eigenvalue weighted by molar-refractivity contribution is 9.10. The molecule has 0 aliphatic heterocycles. The summed E-state index contributed by atoms with van der Waals surface area (Å²) >= 11 is 9.85. The molecule has 3 aromatic carbocycles. The third-order valence-electron chi connectivity index (χ3n) is 5.39. The summed E-state index contributed by atoms with van der Waals surface area (Å²) in [7, 11) is 0. The third-order valence-corrected chi connectivity index (χ3v) is 6.35. The molecule has 1 atom stereocenters. The molecule has 33 heavy (non-hydrogen) atoms. The van der Waals surface area contributed by atoms with Crippen molar-refractivity contribution in [3.63, 3.8) is 0 Å². The fraction of sp³-hybridized carbons (Fsp3) is 0.200. The minimum atomic E-state index is -0.468. The maximum absolute atomic E-state index is 11.6. The van der Waals surface area contributed by atoms with Gasteiger partial charge in [-0.3, -0.25) is 10.1 Å². The standard InChI is InChI=1S/C25H22BrClN2O4/c1-2-32-24-12-17(11-21(26)25(24)33-15-16-7-3-5-9-22(16)27)20(14-29(30)31)19-13-28-23-10-6-4-8-18(19)23/h3-13,20,28H,2,14-15H2,1H3/t20-/m0/s1. The Hall–Kier alpha value is -3.03. The lowest BCUT2D eigenvalue weighted by atomic mass is 9.90. The summed E-state index contributed by atoms with van der Waals surface area (Å²) in [6.45, 7) is 2.32. The second-order valence-corrected chi connectivity index (χ2v) is 8.76. The van der Waals surface area contributed by atoms with Crippen LogP contribution in [0.25, 0.3) is 10.9 Å². The lowest BCUT2D eigenvalue weighted by Gasteiger charge is -2.19. The molecule has 0 aliphatic rings. The monoisotopic (exact) mass is 528 g/mol. The molecule has 0 aliphatic carbocycles. The largest absolute Gasteiger partial charge is 0.490 e. The van der Waals surface area contributed by atoms with Gasteiger partial charge in [0, 0.05) is 32.6 Å². The van der Waals surface area contributed by atoms with Gasteiger partial charge in [-0.25, -0.2) is 0 Å². The van der Waals surface area contributed by atoms with Crippen LogP contribution in [0.4, 0.5) is 0 Å². The number of hydrogen-bond acceptors (Lipinski definition) is 4. The fourth-order valence-electron chi connectivity index (χ4n) is 3.87. The zero-order valence-electron chi connectivity index (χ0n) is 17.9. The van der Waals surface area contributed by atoms with E-state index in [4.69, 9.17) is 21.1 Å². The van der Waals surface area contributed by atoms with Crippen molar-refractivity contribution in [1.29, 1.82) is 0 Å². The Morgan fingerprint density at radius 1 is 1.12 bits per heavy atom. The van der Waals surface area contributed by atoms with Crippen LogP contribution in [0.1, 0.15) is 29.5 Å². The van der Waals surface area contributed by atoms with E-state index in [9.17, 15) is 10.1 Å². The molecule has 170 valence electrons. The highest BCUT2D eigenvalue weighted by Crippen LogP contribution is 2.42. The van der Waals surface area contributed by atoms with E-state index >= 15 is 0 Å². The van der Waals surface area contributed by atoms with Gasteiger partial charge in [-0.1, -0.05) is 48.0 Å². The number of H-pyrrole nitrogens is 1. The molecule has 0 saturated carbocycles. The van der Waals surface area contributed by atoms with Crippen molar-refractivity contribution >= 4 is 38.4 Å². The Kier molecular flexibility index (Phi) is 7.20. The normalized spacial score (nSPS) is 12.0. The highest BCUT2D eigenvalue weighted by Gasteiger charge is 2.26. The second-order valence-electron chi connectivity index (χ2n) is 7.50. The topological polar surface area (TPSA) is 77.4 Å². The van der Waals surface area contributed by atoms with E-state index in [2.05, 4.69) is 20.9 Å². The molecule has 1 aromatic heterocycles. The van der Waals surface area contributed by atoms with Crippen LogP contribution in [-0.2, 0) is 6.61 Å². The Balaban J connectivity index is 1.74. The average molecular weight is 530 g/mol. The first kappa shape index (κ1) is 23.1. The molecule has 0 fully saturated rings. The number of nitrogens with zero attached hydrogens (tertiary/aromatic N) is 1. The van der Waals surface area contributed by atoms with E-state index in [1.54, 1.807) is 0 Å². The number of benzene rings is 3. The summed E-state index contributed by atoms with van der Waals surface area (Å²) in [5.74, 6) is 0.575. The van der Waals surface area contributed by atoms with Crippen molar-refractivity contribution in [3.8, 4) is 11.5 Å². The van der Waals surface area contributed by atoms with Gasteiger partial charge in [0.2, 0.25) is 6.54 Å². The molecule has 0 amide bonds. The first-order valence-corrected chi connectivity index (χ1v) is 11.6. The Labute approximate surface area is 204 Å². The molecular formula is C25H22BrClN2O4. The van der Waals surface area contributed by atoms with Gasteiger partial charge < -0.3 is 14.5 Å². The van der Waals surface area contributed by atoms with Crippen molar-refractivity contribution in [2.75, 3.05) is 13.2 Å². The number of aromatic amines is 1. The summed E-state index contributed by atoms with van der Waals surface area (Å²) in [5, 5.41) is 13.2. The molecule has 1 N–H and O–H groups in total. The van der Waals surface area contributed by atoms with E-state index in [0.717, 1.165) is 27.6 Å². The first-order valence-electron chi connectivity index (χ1n) is 10.5. The molecule has 0 radical (unpaired) electrons. The fourth-order valence-corrected chi connectivity index (χ4v) is 4.64. The summed E-state index contributed by atoms with van der Waals surface area (Å²) in [6, 6.07) is 18.9. The van der Waals surface area contributed by atoms with Crippen LogP contribution in [0, 0.1) is 10.1 Å². The van der Waals surface area contributed by atoms with Crippen molar-refractivity contribution < 1.29 is 14.4 Å². The molecule has 0 spiro atoms. The van der Waals surface area contributed by atoms with Gasteiger partial charge in [-0.05, 0) is 58.2 Å². The van der Waals surface area contributed by atoms with Crippen molar-refractivity contribution in [2.24, 2.45) is 0 Å². The van der Waals surface area contributed by atoms with Gasteiger partial charge in [-0.15, -0.1) is 0 Å². The number of hydrogen-bond donors (Lipinski definition) is 1. The molecule has 0 bridgehead atoms. The van der Waals surface area contributed by atoms with Crippen molar-refractivity contribution in [2.45, 2.75) is 19.4 Å². The number of nitro groups is 1. The van der Waals surface area contributed by atoms with Gasteiger partial charge in [0.05, 0.1) is 17.0 Å². The van der Waals surface area contributed by atoms with Crippen LogP contribution in [0.3, 0.4) is 0 Å². The van der Waals surface area contributed by atoms with Gasteiger partial charge >= 0.3 is 0 Å². The average Bonchev–Trinajstić information content (AvgIpc) is 3.22. The molecule has 4 rings (SSSR count). The first-order chi connectivity index (χ1) is 16.0. The predicted molar refractivity (Wildman–Crippen MR) is 133 cm³/mol. The highest BCUT2D eigenvalue weighted by atomic mass is 79.9. The summed E-state index contributed by atoms with van der Waals surface area (Å²) in [6.07, 6.45) is 1.84. The zero-order valence-corrected chi connectivity index (χ0v) is 20.2. The van der Waals surface area contributed by atoms with Crippen molar-refractivity contribution in [3.05, 3.63) is 103 Å². The maximum Gasteiger partial charge on any atom is 0.214 e. The van der Waals surface area contributed by atoms with Crippen LogP contribution >= 0.6 is 27.5 Å². The molecule has 4 aromatic rings. The number of nitrogens with one attached hydrogen (secondary N) is 1. The number of ether oxygens (including phenoxy) is 2. The summed E-state index contributed by atoms with van der Waals surface area (Å²) in [5.41, 5.74) is 3.41. The van der Waals surface area contributed by atoms with E-state index in [1.807, 2.05) is 73.8 Å². The third kappa shape index (κ3) is 5.15. The number of halogens is 2. The molecule has 0 unspecified atom stereocenters. The van der Waals surface area contributed by atoms with Gasteiger partial charge in [0.15, 0.2) is 11.5 Å². The summed E-state index contributed by atoms with van der Waals surface area (Å²) < 4.78 is 12.6. The number of rotatable bonds is 9. The molecule has 6 nitrogen and oxygen atoms in total. The SMILES string of the molecule is CCOc1cc([C@H](C[N+](=O)[O-])c2c[nH]c3ccccc23)cc(Br)c1OCc1ccccc1Cl.